The van der Waals surface area contributed by atoms with Crippen LogP contribution in [0.3, 0.4) is 0 Å². The van der Waals surface area contributed by atoms with Gasteiger partial charge in [-0.25, -0.2) is 0 Å². The van der Waals surface area contributed by atoms with E-state index < -0.39 is 0 Å². The van der Waals surface area contributed by atoms with Crippen LogP contribution in [0.1, 0.15) is 62.4 Å². The van der Waals surface area contributed by atoms with Gasteiger partial charge in [0.25, 0.3) is 0 Å². The highest BCUT2D eigenvalue weighted by Crippen LogP contribution is 2.35. The van der Waals surface area contributed by atoms with Crippen molar-refractivity contribution in [2.45, 2.75) is 59.0 Å². The summed E-state index contributed by atoms with van der Waals surface area (Å²) in [6.07, 6.45) is 4.47. The van der Waals surface area contributed by atoms with Crippen molar-refractivity contribution in [3.8, 4) is 0 Å². The molecule has 1 aromatic carbocycles. The fourth-order valence-corrected chi connectivity index (χ4v) is 3.98. The molecule has 25 heavy (non-hydrogen) atoms. The molecule has 3 unspecified atom stereocenters. The molecule has 1 saturated carbocycles. The van der Waals surface area contributed by atoms with E-state index in [0.29, 0.717) is 41.5 Å². The van der Waals surface area contributed by atoms with Gasteiger partial charge < -0.3 is 4.74 Å². The normalized spacial score (nSPS) is 23.5. The van der Waals surface area contributed by atoms with Gasteiger partial charge in [0.15, 0.2) is 5.78 Å². The molecule has 1 aliphatic carbocycles. The van der Waals surface area contributed by atoms with Crippen LogP contribution in [0.5, 0.6) is 0 Å². The van der Waals surface area contributed by atoms with Crippen molar-refractivity contribution in [1.29, 1.82) is 0 Å². The highest BCUT2D eigenvalue weighted by atomic mass is 79.9. The van der Waals surface area contributed by atoms with E-state index in [2.05, 4.69) is 36.7 Å². The zero-order valence-electron chi connectivity index (χ0n) is 15.5. The van der Waals surface area contributed by atoms with E-state index in [-0.39, 0.29) is 17.9 Å². The summed E-state index contributed by atoms with van der Waals surface area (Å²) in [7, 11) is 0. The fraction of sp³-hybridized carbons (Fsp3) is 0.619. The molecule has 0 heterocycles. The Labute approximate surface area is 159 Å². The van der Waals surface area contributed by atoms with Crippen molar-refractivity contribution in [2.75, 3.05) is 5.33 Å². The highest BCUT2D eigenvalue weighted by Gasteiger charge is 2.33. The van der Waals surface area contributed by atoms with Gasteiger partial charge in [0.2, 0.25) is 0 Å². The molecular formula is C21H29BrO3. The van der Waals surface area contributed by atoms with Crippen LogP contribution in [0.15, 0.2) is 24.3 Å². The number of benzene rings is 1. The maximum Gasteiger partial charge on any atom is 0.306 e. The first kappa shape index (κ1) is 20.2. The molecule has 0 bridgehead atoms. The van der Waals surface area contributed by atoms with Crippen molar-refractivity contribution in [1.82, 2.24) is 0 Å². The van der Waals surface area contributed by atoms with Crippen LogP contribution in [0.4, 0.5) is 0 Å². The number of aryl methyl sites for hydroxylation is 1. The second kappa shape index (κ2) is 9.51. The number of carbonyl (C=O) groups is 2. The number of carbonyl (C=O) groups excluding carboxylic acids is 2. The minimum absolute atomic E-state index is 0.0650. The minimum Gasteiger partial charge on any atom is -0.462 e. The maximum absolute atomic E-state index is 12.3. The Morgan fingerprint density at radius 3 is 2.48 bits per heavy atom. The summed E-state index contributed by atoms with van der Waals surface area (Å²) < 4.78 is 5.84. The summed E-state index contributed by atoms with van der Waals surface area (Å²) in [4.78, 5) is 23.9. The number of ether oxygens (including phenoxy) is 1. The molecule has 1 fully saturated rings. The molecule has 1 aromatic rings. The Kier molecular flexibility index (Phi) is 7.67. The average molecular weight is 409 g/mol. The van der Waals surface area contributed by atoms with Crippen molar-refractivity contribution < 1.29 is 14.3 Å². The van der Waals surface area contributed by atoms with Gasteiger partial charge in [-0.15, -0.1) is 0 Å². The Hall–Kier alpha value is -1.16. The first-order valence-corrected chi connectivity index (χ1v) is 10.4. The lowest BCUT2D eigenvalue weighted by Crippen LogP contribution is -2.35. The van der Waals surface area contributed by atoms with Gasteiger partial charge in [-0.05, 0) is 42.6 Å². The van der Waals surface area contributed by atoms with Crippen LogP contribution in [0, 0.1) is 17.8 Å². The van der Waals surface area contributed by atoms with Crippen LogP contribution in [-0.4, -0.2) is 23.2 Å². The van der Waals surface area contributed by atoms with Crippen molar-refractivity contribution in [2.24, 2.45) is 17.8 Å². The minimum atomic E-state index is -0.106. The summed E-state index contributed by atoms with van der Waals surface area (Å²) in [6.45, 7) is 6.68. The lowest BCUT2D eigenvalue weighted by molar-refractivity contribution is -0.155. The molecule has 0 radical (unpaired) electrons. The van der Waals surface area contributed by atoms with E-state index in [1.807, 2.05) is 24.3 Å². The van der Waals surface area contributed by atoms with Crippen LogP contribution in [0.25, 0.3) is 0 Å². The van der Waals surface area contributed by atoms with E-state index in [1.54, 1.807) is 0 Å². The molecule has 0 aromatic heterocycles. The van der Waals surface area contributed by atoms with Gasteiger partial charge in [-0.3, -0.25) is 9.59 Å². The molecule has 3 atom stereocenters. The van der Waals surface area contributed by atoms with Gasteiger partial charge in [0.05, 0.1) is 5.33 Å². The molecule has 3 nitrogen and oxygen atoms in total. The van der Waals surface area contributed by atoms with Crippen LogP contribution < -0.4 is 0 Å². The van der Waals surface area contributed by atoms with Gasteiger partial charge >= 0.3 is 5.97 Å². The highest BCUT2D eigenvalue weighted by molar-refractivity contribution is 9.09. The Morgan fingerprint density at radius 2 is 1.88 bits per heavy atom. The lowest BCUT2D eigenvalue weighted by atomic mass is 9.75. The molecule has 0 spiro atoms. The third-order valence-electron chi connectivity index (χ3n) is 5.26. The first-order chi connectivity index (χ1) is 11.9. The Bertz CT molecular complexity index is 579. The third-order valence-corrected chi connectivity index (χ3v) is 5.77. The van der Waals surface area contributed by atoms with Crippen LogP contribution in [0.2, 0.25) is 0 Å². The standard InChI is InChI=1S/C21H29BrO3/c1-14(2)18-10-4-15(3)12-20(18)25-21(24)11-7-16-5-8-17(9-6-16)19(23)13-22/h5-6,8-9,14-15,18,20H,4,7,10-13H2,1-3H3. The Morgan fingerprint density at radius 1 is 1.20 bits per heavy atom. The lowest BCUT2D eigenvalue weighted by Gasteiger charge is -2.36. The predicted octanol–water partition coefficient (Wildman–Crippen LogP) is 5.20. The van der Waals surface area contributed by atoms with E-state index in [1.165, 1.54) is 6.42 Å². The summed E-state index contributed by atoms with van der Waals surface area (Å²) in [6, 6.07) is 7.48. The summed E-state index contributed by atoms with van der Waals surface area (Å²) in [5, 5.41) is 0.329. The van der Waals surface area contributed by atoms with Crippen molar-refractivity contribution in [3.05, 3.63) is 35.4 Å². The number of alkyl halides is 1. The number of hydrogen-bond acceptors (Lipinski definition) is 3. The average Bonchev–Trinajstić information content (AvgIpc) is 2.59. The largest absolute Gasteiger partial charge is 0.462 e. The molecule has 4 heteroatoms. The first-order valence-electron chi connectivity index (χ1n) is 9.28. The number of Topliss-reactive ketones (excluding diaryl/α,β-unsaturated/α-hetero) is 1. The fourth-order valence-electron chi connectivity index (χ4n) is 3.66. The second-order valence-electron chi connectivity index (χ2n) is 7.61. The zero-order valence-corrected chi connectivity index (χ0v) is 17.1. The molecule has 138 valence electrons. The van der Waals surface area contributed by atoms with Gasteiger partial charge in [-0.1, -0.05) is 67.4 Å². The SMILES string of the molecule is CC1CCC(C(C)C)C(OC(=O)CCc2ccc(C(=O)CBr)cc2)C1. The monoisotopic (exact) mass is 408 g/mol. The number of ketones is 1. The Balaban J connectivity index is 1.86. The van der Waals surface area contributed by atoms with E-state index in [4.69, 9.17) is 4.74 Å². The molecule has 0 N–H and O–H groups in total. The number of esters is 1. The molecular weight excluding hydrogens is 380 g/mol. The van der Waals surface area contributed by atoms with Gasteiger partial charge in [-0.2, -0.15) is 0 Å². The molecule has 0 aliphatic heterocycles. The summed E-state index contributed by atoms with van der Waals surface area (Å²) in [5.74, 6) is 1.62. The van der Waals surface area contributed by atoms with E-state index >= 15 is 0 Å². The molecule has 0 saturated heterocycles. The molecule has 2 rings (SSSR count). The predicted molar refractivity (Wildman–Crippen MR) is 104 cm³/mol. The van der Waals surface area contributed by atoms with Crippen LogP contribution in [-0.2, 0) is 16.0 Å². The third kappa shape index (κ3) is 5.95. The van der Waals surface area contributed by atoms with Gasteiger partial charge in [0, 0.05) is 12.0 Å². The van der Waals surface area contributed by atoms with Gasteiger partial charge in [0.1, 0.15) is 6.10 Å². The van der Waals surface area contributed by atoms with E-state index in [0.717, 1.165) is 18.4 Å². The topological polar surface area (TPSA) is 43.4 Å². The van der Waals surface area contributed by atoms with Crippen LogP contribution >= 0.6 is 15.9 Å². The maximum atomic E-state index is 12.3. The quantitative estimate of drug-likeness (QED) is 0.353. The number of hydrogen-bond donors (Lipinski definition) is 0. The molecule has 0 amide bonds. The summed E-state index contributed by atoms with van der Waals surface area (Å²) >= 11 is 3.18. The van der Waals surface area contributed by atoms with E-state index in [9.17, 15) is 9.59 Å². The second-order valence-corrected chi connectivity index (χ2v) is 8.17. The van der Waals surface area contributed by atoms with Crippen molar-refractivity contribution in [3.63, 3.8) is 0 Å². The molecule has 1 aliphatic rings. The smallest absolute Gasteiger partial charge is 0.306 e. The zero-order chi connectivity index (χ0) is 18.4. The summed E-state index contributed by atoms with van der Waals surface area (Å²) in [5.41, 5.74) is 1.75. The van der Waals surface area contributed by atoms with Crippen molar-refractivity contribution >= 4 is 27.7 Å². The number of rotatable bonds is 7. The number of halogens is 1.